The highest BCUT2D eigenvalue weighted by Gasteiger charge is 0.642. The van der Waals surface area contributed by atoms with E-state index in [-0.39, 0.29) is 0 Å². The molecule has 0 spiro atoms. The average molecular weight is 73.1 g/mol. The number of nitriles is 1. The van der Waals surface area contributed by atoms with Gasteiger partial charge in [-0.1, -0.05) is 12.2 Å². The Hall–Kier alpha value is -0.420. The van der Waals surface area contributed by atoms with Crippen molar-refractivity contribution in [2.24, 2.45) is 0 Å². The fourth-order valence-corrected chi connectivity index (χ4v) is 0. The molecule has 0 saturated carbocycles. The molecule has 4 heavy (non-hydrogen) atoms. The van der Waals surface area contributed by atoms with Crippen LogP contribution in [0.4, 0.5) is 0 Å². The molecule has 0 rings (SSSR count). The van der Waals surface area contributed by atoms with E-state index >= 15 is 0 Å². The maximum atomic E-state index is 6.50. The van der Waals surface area contributed by atoms with Gasteiger partial charge in [-0.05, 0) is 5.87 Å². The standard InChI is InChI=1S/CHN.CH2S/c2*1-2/h1H;1H2. The normalized spacial score (nSPS) is 1.50. The lowest BCUT2D eigenvalue weighted by molar-refractivity contribution is 1.58. The second-order valence-electron chi connectivity index (χ2n) is 0. The van der Waals surface area contributed by atoms with E-state index in [2.05, 4.69) is 24.7 Å². The van der Waals surface area contributed by atoms with Gasteiger partial charge < -0.3 is 0 Å². The molecule has 0 aromatic carbocycles. The summed E-state index contributed by atoms with van der Waals surface area (Å²) in [5, 5.41) is 6.50. The van der Waals surface area contributed by atoms with Crippen LogP contribution < -0.4 is 0 Å². The Balaban J connectivity index is 0. The van der Waals surface area contributed by atoms with Crippen molar-refractivity contribution >= 4 is 18.1 Å². The third-order valence-electron chi connectivity index (χ3n) is 0. The lowest BCUT2D eigenvalue weighted by atomic mass is 11.9. The molecular formula is C2H3NS. The molecule has 0 saturated heterocycles. The summed E-state index contributed by atoms with van der Waals surface area (Å²) in [6.07, 6.45) is 0. The summed E-state index contributed by atoms with van der Waals surface area (Å²) in [6.45, 7) is 3.50. The molecule has 2 heteroatoms. The van der Waals surface area contributed by atoms with Gasteiger partial charge >= 0.3 is 0 Å². The van der Waals surface area contributed by atoms with Gasteiger partial charge in [0.25, 0.3) is 0 Å². The summed E-state index contributed by atoms with van der Waals surface area (Å²) in [5.74, 6) is 2.83. The molecule has 0 aliphatic carbocycles. The van der Waals surface area contributed by atoms with Crippen LogP contribution in [0.25, 0.3) is 0 Å². The fourth-order valence-electron chi connectivity index (χ4n) is 0. The number of hydrogen-bond donors (Lipinski definition) is 0. The molecule has 0 heterocycles. The molecule has 0 N–H and O–H groups in total. The van der Waals surface area contributed by atoms with E-state index in [1.54, 1.807) is 0 Å². The number of thiocarbonyl (C=S) groups is 1. The third kappa shape index (κ3) is 3.01. The van der Waals surface area contributed by atoms with Crippen molar-refractivity contribution < 1.29 is 0 Å². The Bertz CT molecular complexity index is 17.2. The van der Waals surface area contributed by atoms with Crippen molar-refractivity contribution in [3.63, 3.8) is 0 Å². The minimum Gasteiger partial charge on any atom is -0.202 e. The van der Waals surface area contributed by atoms with Crippen molar-refractivity contribution in [1.29, 1.82) is 5.26 Å². The number of rotatable bonds is 0. The molecule has 22 valence electrons. The molecule has 0 aliphatic rings. The lowest BCUT2D eigenvalue weighted by Gasteiger charge is -0.774. The van der Waals surface area contributed by atoms with E-state index in [9.17, 15) is 0 Å². The number of hydrogen-bond acceptors (Lipinski definition) is 2. The van der Waals surface area contributed by atoms with E-state index in [0.717, 1.165) is 0 Å². The summed E-state index contributed by atoms with van der Waals surface area (Å²) < 4.78 is 0. The molecular weight excluding hydrogens is 70.1 g/mol. The molecule has 1 nitrogen and oxygen atoms in total. The van der Waals surface area contributed by atoms with Crippen LogP contribution in [0.1, 0.15) is 0 Å². The zero-order chi connectivity index (χ0) is 4.00. The van der Waals surface area contributed by atoms with E-state index in [0.29, 0.717) is 0 Å². The maximum absolute atomic E-state index is 6.50. The minimum atomic E-state index is 2.83. The van der Waals surface area contributed by atoms with Crippen LogP contribution in [0.2, 0.25) is 0 Å². The average Bonchev–Trinajstić information content (AvgIpc) is 1.50. The highest BCUT2D eigenvalue weighted by atomic mass is 32.1. The Morgan fingerprint density at radius 3 is 1.50 bits per heavy atom. The topological polar surface area (TPSA) is 23.8 Å². The Morgan fingerprint density at radius 2 is 1.50 bits per heavy atom. The van der Waals surface area contributed by atoms with Gasteiger partial charge in [-0.15, -0.1) is 0 Å². The predicted octanol–water partition coefficient (Wildman–Crippen LogP) is 0.756. The van der Waals surface area contributed by atoms with E-state index < -0.39 is 0 Å². The van der Waals surface area contributed by atoms with Gasteiger partial charge in [0.1, 0.15) is 0 Å². The molecule has 0 amide bonds. The first kappa shape index (κ1) is 9.55. The smallest absolute Gasteiger partial charge is 0.0462 e. The molecule has 0 aromatic rings. The fraction of sp³-hybridized carbons (Fsp3) is 0. The molecule has 0 unspecified atom stereocenters. The molecule has 0 fully saturated rings. The van der Waals surface area contributed by atoms with E-state index in [1.807, 2.05) is 0 Å². The first-order valence-electron chi connectivity index (χ1n) is 0.547. The van der Waals surface area contributed by atoms with Crippen molar-refractivity contribution in [3.05, 3.63) is 0 Å². The largest absolute Gasteiger partial charge is 0.202 e. The zero-order valence-corrected chi connectivity index (χ0v) is 2.96. The molecule has 0 radical (unpaired) electrons. The van der Waals surface area contributed by atoms with Crippen LogP contribution in [-0.2, 0) is 0 Å². The predicted molar refractivity (Wildman–Crippen MR) is 21.4 cm³/mol. The first-order chi connectivity index (χ1) is 2.00. The molecule has 0 aliphatic heterocycles. The summed E-state index contributed by atoms with van der Waals surface area (Å²) in [5.41, 5.74) is 0. The Kier molecular flexibility index (Phi) is 87.1. The molecule has 0 aromatic heterocycles. The Morgan fingerprint density at radius 1 is 1.50 bits per heavy atom. The van der Waals surface area contributed by atoms with Crippen molar-refractivity contribution in [2.45, 2.75) is 0 Å². The maximum Gasteiger partial charge on any atom is 0.0462 e. The van der Waals surface area contributed by atoms with Crippen LogP contribution in [-0.4, -0.2) is 5.87 Å². The van der Waals surface area contributed by atoms with Gasteiger partial charge in [0, 0.05) is 6.57 Å². The summed E-state index contributed by atoms with van der Waals surface area (Å²) in [4.78, 5) is 0. The van der Waals surface area contributed by atoms with Crippen molar-refractivity contribution in [1.82, 2.24) is 0 Å². The quantitative estimate of drug-likeness (QED) is 0.395. The van der Waals surface area contributed by atoms with Crippen molar-refractivity contribution in [3.8, 4) is 6.57 Å². The van der Waals surface area contributed by atoms with Crippen LogP contribution in [0, 0.1) is 11.8 Å². The second-order valence-corrected chi connectivity index (χ2v) is 0. The van der Waals surface area contributed by atoms with Gasteiger partial charge in [0.05, 0.1) is 0 Å². The van der Waals surface area contributed by atoms with Gasteiger partial charge in [-0.3, -0.25) is 0 Å². The summed E-state index contributed by atoms with van der Waals surface area (Å²) in [7, 11) is 0. The number of nitrogens with zero attached hydrogens (tertiary/aromatic N) is 1. The molecule has 0 atom stereocenters. The lowest BCUT2D eigenvalue weighted by Crippen LogP contribution is -0.660. The highest BCUT2D eigenvalue weighted by molar-refractivity contribution is 7.77. The van der Waals surface area contributed by atoms with E-state index in [4.69, 9.17) is 5.26 Å². The Labute approximate surface area is 30.9 Å². The monoisotopic (exact) mass is 73.0 g/mol. The summed E-state index contributed by atoms with van der Waals surface area (Å²) in [6, 6.07) is 0. The summed E-state index contributed by atoms with van der Waals surface area (Å²) >= 11 is 3.83. The minimum absolute atomic E-state index is 2.83. The van der Waals surface area contributed by atoms with Crippen LogP contribution in [0.15, 0.2) is 0 Å². The van der Waals surface area contributed by atoms with Crippen LogP contribution >= 0.6 is 12.2 Å². The molecule has 0 bridgehead atoms. The first-order valence-corrected chi connectivity index (χ1v) is 1.12. The van der Waals surface area contributed by atoms with Gasteiger partial charge in [0.15, 0.2) is 0 Å². The van der Waals surface area contributed by atoms with Gasteiger partial charge in [-0.25, -0.2) is 5.26 Å². The third-order valence-corrected chi connectivity index (χ3v) is 0. The van der Waals surface area contributed by atoms with Gasteiger partial charge in [0.2, 0.25) is 0 Å². The second kappa shape index (κ2) is 36.5. The van der Waals surface area contributed by atoms with Gasteiger partial charge in [-0.2, -0.15) is 0 Å². The van der Waals surface area contributed by atoms with Crippen LogP contribution in [0.3, 0.4) is 0 Å². The van der Waals surface area contributed by atoms with E-state index in [1.165, 1.54) is 0 Å². The highest BCUT2D eigenvalue weighted by Crippen LogP contribution is 1.03. The van der Waals surface area contributed by atoms with Crippen LogP contribution in [0.5, 0.6) is 0 Å². The van der Waals surface area contributed by atoms with Crippen molar-refractivity contribution in [2.75, 3.05) is 0 Å². The zero-order valence-electron chi connectivity index (χ0n) is 2.14. The SMILES string of the molecule is C#N.C=S.